The summed E-state index contributed by atoms with van der Waals surface area (Å²) in [4.78, 5) is 18.4. The van der Waals surface area contributed by atoms with E-state index in [2.05, 4.69) is 31.7 Å². The predicted octanol–water partition coefficient (Wildman–Crippen LogP) is 6.74. The molecule has 2 aliphatic carbocycles. The number of aliphatic hydroxyl groups is 1. The molecule has 5 aromatic rings. The maximum Gasteiger partial charge on any atom is 0.293 e. The Balaban J connectivity index is 1.57. The van der Waals surface area contributed by atoms with Crippen LogP contribution in [0, 0.1) is 29.4 Å². The number of amides is 1. The molecule has 1 unspecified atom stereocenters. The molecule has 1 saturated carbocycles. The van der Waals surface area contributed by atoms with Crippen LogP contribution in [0.2, 0.25) is 0 Å². The lowest BCUT2D eigenvalue weighted by molar-refractivity contribution is -0.122. The van der Waals surface area contributed by atoms with Gasteiger partial charge in [-0.25, -0.2) is 44.4 Å². The molecule has 1 amide bonds. The maximum absolute atomic E-state index is 16.1. The fourth-order valence-electron chi connectivity index (χ4n) is 7.81. The standard InChI is InChI=1S/C38H33F8N7O4S/c1-37(2,55)10-9-19-5-6-20(21-7-8-22(33(41)42)27-30(21)52(3)50-36(27)51-58(4,56)57)28(48-19)24(13-16-11-17(39)14-18(40)12-16)31(35(47)54)53-32-26(29(49-53)34(43)44)23-15-25(23)38(32,45)46/h5-8,11-12,14,23-25,31,33-34,55H,13,15H2,1-4H3,(H2,47,54)(H,50,51)/t23-,24+,25+,31?/m0/s1. The van der Waals surface area contributed by atoms with Crippen LogP contribution in [0.25, 0.3) is 22.0 Å². The summed E-state index contributed by atoms with van der Waals surface area (Å²) < 4.78 is 148. The first-order chi connectivity index (χ1) is 27.0. The van der Waals surface area contributed by atoms with Gasteiger partial charge in [0.15, 0.2) is 5.82 Å². The smallest absolute Gasteiger partial charge is 0.293 e. The topological polar surface area (TPSA) is 158 Å². The van der Waals surface area contributed by atoms with Gasteiger partial charge in [-0.05, 0) is 68.4 Å². The number of hydrogen-bond acceptors (Lipinski definition) is 7. The van der Waals surface area contributed by atoms with Gasteiger partial charge < -0.3 is 10.8 Å². The lowest BCUT2D eigenvalue weighted by atomic mass is 9.83. The Hall–Kier alpha value is -5.55. The number of halogens is 8. The predicted molar refractivity (Wildman–Crippen MR) is 194 cm³/mol. The molecule has 4 atom stereocenters. The molecule has 0 aliphatic heterocycles. The minimum absolute atomic E-state index is 0.00429. The zero-order valence-electron chi connectivity index (χ0n) is 30.8. The van der Waals surface area contributed by atoms with Gasteiger partial charge in [0.25, 0.3) is 18.8 Å². The molecule has 306 valence electrons. The van der Waals surface area contributed by atoms with Crippen molar-refractivity contribution in [3.63, 3.8) is 0 Å². The van der Waals surface area contributed by atoms with Crippen LogP contribution in [0.5, 0.6) is 0 Å². The summed E-state index contributed by atoms with van der Waals surface area (Å²) in [6.45, 7) is 2.71. The third kappa shape index (κ3) is 7.36. The number of nitrogens with two attached hydrogens (primary N) is 1. The summed E-state index contributed by atoms with van der Waals surface area (Å²) in [5.41, 5.74) is 0.619. The third-order valence-electron chi connectivity index (χ3n) is 10.0. The highest BCUT2D eigenvalue weighted by atomic mass is 32.2. The first kappa shape index (κ1) is 40.6. The molecule has 0 saturated heterocycles. The van der Waals surface area contributed by atoms with Crippen molar-refractivity contribution < 1.29 is 53.4 Å². The number of benzene rings is 2. The van der Waals surface area contributed by atoms with E-state index in [0.29, 0.717) is 10.7 Å². The van der Waals surface area contributed by atoms with Crippen LogP contribution in [-0.2, 0) is 34.2 Å². The van der Waals surface area contributed by atoms with Crippen molar-refractivity contribution in [3.8, 4) is 23.0 Å². The summed E-state index contributed by atoms with van der Waals surface area (Å²) in [6, 6.07) is 5.06. The molecule has 58 heavy (non-hydrogen) atoms. The number of aromatic nitrogens is 5. The van der Waals surface area contributed by atoms with Gasteiger partial charge in [0, 0.05) is 47.2 Å². The number of fused-ring (bicyclic) bond motifs is 4. The summed E-state index contributed by atoms with van der Waals surface area (Å²) >= 11 is 0. The number of primary amides is 1. The molecule has 0 spiro atoms. The number of rotatable bonds is 11. The van der Waals surface area contributed by atoms with Gasteiger partial charge in [-0.1, -0.05) is 18.1 Å². The minimum Gasteiger partial charge on any atom is -0.378 e. The fourth-order valence-corrected chi connectivity index (χ4v) is 8.30. The first-order valence-electron chi connectivity index (χ1n) is 17.5. The Morgan fingerprint density at radius 1 is 1.03 bits per heavy atom. The van der Waals surface area contributed by atoms with Gasteiger partial charge in [-0.2, -0.15) is 19.0 Å². The first-order valence-corrected chi connectivity index (χ1v) is 19.4. The number of nitrogens with one attached hydrogen (secondary N) is 1. The molecule has 2 aromatic carbocycles. The molecular formula is C38H33F8N7O4S. The highest BCUT2D eigenvalue weighted by Gasteiger charge is 2.67. The second-order valence-electron chi connectivity index (χ2n) is 14.9. The van der Waals surface area contributed by atoms with Crippen molar-refractivity contribution in [1.29, 1.82) is 0 Å². The number of aryl methyl sites for hydroxylation is 1. The third-order valence-corrected chi connectivity index (χ3v) is 10.6. The van der Waals surface area contributed by atoms with E-state index >= 15 is 8.78 Å². The zero-order chi connectivity index (χ0) is 42.4. The quantitative estimate of drug-likeness (QED) is 0.0983. The van der Waals surface area contributed by atoms with E-state index in [9.17, 15) is 44.7 Å². The molecule has 3 heterocycles. The van der Waals surface area contributed by atoms with Crippen LogP contribution >= 0.6 is 0 Å². The SMILES string of the molecule is Cn1nc(NS(C)(=O)=O)c2c(C(F)F)ccc(-c3ccc(C#CC(C)(C)O)nc3[C@@H](Cc3cc(F)cc(F)c3)C(C(N)=O)n3nc(C(F)F)c4c3C(F)(F)[C@@H]3C[C@H]43)c21. The van der Waals surface area contributed by atoms with E-state index in [0.717, 1.165) is 29.1 Å². The van der Waals surface area contributed by atoms with Crippen LogP contribution in [-0.4, -0.2) is 55.8 Å². The number of hydrogen-bond donors (Lipinski definition) is 3. The van der Waals surface area contributed by atoms with E-state index in [1.54, 1.807) is 0 Å². The lowest BCUT2D eigenvalue weighted by Crippen LogP contribution is -2.37. The molecule has 20 heteroatoms. The van der Waals surface area contributed by atoms with Crippen molar-refractivity contribution in [2.75, 3.05) is 11.0 Å². The van der Waals surface area contributed by atoms with E-state index in [1.165, 1.54) is 39.1 Å². The van der Waals surface area contributed by atoms with Gasteiger partial charge >= 0.3 is 0 Å². The van der Waals surface area contributed by atoms with Gasteiger partial charge in [-0.15, -0.1) is 0 Å². The van der Waals surface area contributed by atoms with Crippen molar-refractivity contribution in [1.82, 2.24) is 24.5 Å². The largest absolute Gasteiger partial charge is 0.378 e. The Kier molecular flexibility index (Phi) is 9.86. The Labute approximate surface area is 325 Å². The number of nitrogens with zero attached hydrogens (tertiary/aromatic N) is 5. The molecule has 0 bridgehead atoms. The average Bonchev–Trinajstić information content (AvgIpc) is 3.63. The summed E-state index contributed by atoms with van der Waals surface area (Å²) in [5.74, 6) is -6.59. The second kappa shape index (κ2) is 14.1. The van der Waals surface area contributed by atoms with Crippen LogP contribution in [0.1, 0.15) is 90.5 Å². The summed E-state index contributed by atoms with van der Waals surface area (Å²) in [5, 5.41) is 18.0. The monoisotopic (exact) mass is 835 g/mol. The van der Waals surface area contributed by atoms with Crippen molar-refractivity contribution in [2.24, 2.45) is 18.7 Å². The second-order valence-corrected chi connectivity index (χ2v) is 16.7. The summed E-state index contributed by atoms with van der Waals surface area (Å²) in [7, 11) is -2.77. The van der Waals surface area contributed by atoms with E-state index in [4.69, 9.17) is 5.73 Å². The minimum atomic E-state index is -4.09. The Morgan fingerprint density at radius 2 is 1.69 bits per heavy atom. The zero-order valence-corrected chi connectivity index (χ0v) is 31.7. The highest BCUT2D eigenvalue weighted by Crippen LogP contribution is 2.68. The number of carbonyl (C=O) groups is 1. The molecular weight excluding hydrogens is 803 g/mol. The van der Waals surface area contributed by atoms with Crippen LogP contribution in [0.15, 0.2) is 42.5 Å². The number of anilines is 1. The molecule has 4 N–H and O–H groups in total. The molecule has 11 nitrogen and oxygen atoms in total. The fraction of sp³-hybridized carbons (Fsp3) is 0.368. The Bertz CT molecular complexity index is 2660. The van der Waals surface area contributed by atoms with Crippen LogP contribution in [0.4, 0.5) is 40.9 Å². The molecule has 7 rings (SSSR count). The normalized spacial score (nSPS) is 18.2. The van der Waals surface area contributed by atoms with E-state index < -0.39 is 110 Å². The highest BCUT2D eigenvalue weighted by molar-refractivity contribution is 7.92. The molecule has 3 aromatic heterocycles. The van der Waals surface area contributed by atoms with Gasteiger partial charge in [0.05, 0.1) is 22.9 Å². The molecule has 0 radical (unpaired) electrons. The lowest BCUT2D eigenvalue weighted by Gasteiger charge is -2.29. The van der Waals surface area contributed by atoms with Crippen LogP contribution in [0.3, 0.4) is 0 Å². The Morgan fingerprint density at radius 3 is 2.28 bits per heavy atom. The number of alkyl halides is 6. The number of pyridine rings is 1. The van der Waals surface area contributed by atoms with E-state index in [-0.39, 0.29) is 45.4 Å². The van der Waals surface area contributed by atoms with Crippen molar-refractivity contribution in [2.45, 2.75) is 68.9 Å². The van der Waals surface area contributed by atoms with Crippen LogP contribution < -0.4 is 10.5 Å². The van der Waals surface area contributed by atoms with Crippen molar-refractivity contribution in [3.05, 3.63) is 93.6 Å². The maximum atomic E-state index is 16.1. The molecule has 2 aliphatic rings. The van der Waals surface area contributed by atoms with Gasteiger partial charge in [0.2, 0.25) is 15.9 Å². The van der Waals surface area contributed by atoms with Gasteiger partial charge in [-0.3, -0.25) is 14.2 Å². The molecule has 1 fully saturated rings. The van der Waals surface area contributed by atoms with Gasteiger partial charge in [0.1, 0.15) is 40.4 Å². The number of sulfonamides is 1. The van der Waals surface area contributed by atoms with E-state index in [1.807, 2.05) is 0 Å². The number of carbonyl (C=O) groups excluding carboxylic acids is 1. The summed E-state index contributed by atoms with van der Waals surface area (Å²) in [6.07, 6.45) is -6.49. The van der Waals surface area contributed by atoms with Crippen molar-refractivity contribution >= 4 is 32.7 Å². The average molecular weight is 836 g/mol.